The average molecular weight is 385 g/mol. The molecule has 0 aromatic heterocycles. The minimum atomic E-state index is -1.23. The van der Waals surface area contributed by atoms with E-state index in [1.807, 2.05) is 55.5 Å². The SMILES string of the molecule is CCOC(C)(Cc1ccc(OC(C)N2CCOc3ccccc32)cc1)C(=O)O. The molecule has 0 bridgehead atoms. The first-order valence-corrected chi connectivity index (χ1v) is 9.54. The van der Waals surface area contributed by atoms with Crippen molar-refractivity contribution in [2.45, 2.75) is 39.0 Å². The maximum absolute atomic E-state index is 11.5. The molecule has 1 aliphatic rings. The molecule has 150 valence electrons. The zero-order valence-corrected chi connectivity index (χ0v) is 16.6. The smallest absolute Gasteiger partial charge is 0.336 e. The average Bonchev–Trinajstić information content (AvgIpc) is 2.69. The molecule has 2 aromatic carbocycles. The summed E-state index contributed by atoms with van der Waals surface area (Å²) in [4.78, 5) is 13.7. The number of carbonyl (C=O) groups is 1. The topological polar surface area (TPSA) is 68.2 Å². The van der Waals surface area contributed by atoms with E-state index in [9.17, 15) is 9.90 Å². The number of nitrogens with zero attached hydrogens (tertiary/aromatic N) is 1. The Hall–Kier alpha value is -2.73. The van der Waals surface area contributed by atoms with Crippen molar-refractivity contribution < 1.29 is 24.1 Å². The summed E-state index contributed by atoms with van der Waals surface area (Å²) < 4.78 is 17.3. The molecule has 6 nitrogen and oxygen atoms in total. The van der Waals surface area contributed by atoms with Gasteiger partial charge in [0.1, 0.15) is 18.1 Å². The van der Waals surface area contributed by atoms with Crippen LogP contribution >= 0.6 is 0 Å². The van der Waals surface area contributed by atoms with E-state index in [0.717, 1.165) is 29.3 Å². The maximum Gasteiger partial charge on any atom is 0.336 e. The largest absolute Gasteiger partial charge is 0.490 e. The maximum atomic E-state index is 11.5. The van der Waals surface area contributed by atoms with Crippen LogP contribution in [0.1, 0.15) is 26.3 Å². The molecule has 1 aliphatic heterocycles. The predicted molar refractivity (Wildman–Crippen MR) is 107 cm³/mol. The van der Waals surface area contributed by atoms with Crippen molar-refractivity contribution in [2.24, 2.45) is 0 Å². The third kappa shape index (κ3) is 4.39. The number of benzene rings is 2. The van der Waals surface area contributed by atoms with Crippen LogP contribution in [-0.2, 0) is 16.0 Å². The minimum absolute atomic E-state index is 0.163. The highest BCUT2D eigenvalue weighted by atomic mass is 16.5. The van der Waals surface area contributed by atoms with E-state index in [1.54, 1.807) is 13.8 Å². The summed E-state index contributed by atoms with van der Waals surface area (Å²) >= 11 is 0. The van der Waals surface area contributed by atoms with Gasteiger partial charge in [-0.1, -0.05) is 24.3 Å². The van der Waals surface area contributed by atoms with E-state index < -0.39 is 11.6 Å². The van der Waals surface area contributed by atoms with Crippen molar-refractivity contribution in [3.05, 3.63) is 54.1 Å². The number of carboxylic acids is 1. The van der Waals surface area contributed by atoms with Gasteiger partial charge < -0.3 is 24.2 Å². The molecule has 1 N–H and O–H groups in total. The Morgan fingerprint density at radius 1 is 1.25 bits per heavy atom. The highest BCUT2D eigenvalue weighted by Gasteiger charge is 2.34. The van der Waals surface area contributed by atoms with Crippen LogP contribution in [0.4, 0.5) is 5.69 Å². The van der Waals surface area contributed by atoms with Crippen LogP contribution in [0, 0.1) is 0 Å². The molecule has 3 rings (SSSR count). The molecule has 2 atom stereocenters. The summed E-state index contributed by atoms with van der Waals surface area (Å²) in [5.41, 5.74) is 0.670. The van der Waals surface area contributed by atoms with E-state index in [-0.39, 0.29) is 6.23 Å². The van der Waals surface area contributed by atoms with Crippen molar-refractivity contribution in [1.82, 2.24) is 0 Å². The number of fused-ring (bicyclic) bond motifs is 1. The number of anilines is 1. The fraction of sp³-hybridized carbons (Fsp3) is 0.409. The summed E-state index contributed by atoms with van der Waals surface area (Å²) in [5.74, 6) is 0.631. The summed E-state index contributed by atoms with van der Waals surface area (Å²) in [6.07, 6.45) is 0.131. The van der Waals surface area contributed by atoms with Gasteiger partial charge in [0.2, 0.25) is 0 Å². The molecule has 2 aromatic rings. The molecule has 0 saturated carbocycles. The van der Waals surface area contributed by atoms with Crippen LogP contribution < -0.4 is 14.4 Å². The first-order valence-electron chi connectivity index (χ1n) is 9.54. The summed E-state index contributed by atoms with van der Waals surface area (Å²) in [7, 11) is 0. The van der Waals surface area contributed by atoms with Gasteiger partial charge in [0, 0.05) is 13.0 Å². The zero-order valence-electron chi connectivity index (χ0n) is 16.6. The highest BCUT2D eigenvalue weighted by molar-refractivity contribution is 5.77. The van der Waals surface area contributed by atoms with E-state index in [1.165, 1.54) is 0 Å². The van der Waals surface area contributed by atoms with Gasteiger partial charge in [0.05, 0.1) is 12.2 Å². The second-order valence-corrected chi connectivity index (χ2v) is 7.02. The predicted octanol–water partition coefficient (Wildman–Crippen LogP) is 3.73. The fourth-order valence-electron chi connectivity index (χ4n) is 3.41. The Labute approximate surface area is 165 Å². The van der Waals surface area contributed by atoms with E-state index >= 15 is 0 Å². The van der Waals surface area contributed by atoms with Gasteiger partial charge in [-0.25, -0.2) is 4.79 Å². The summed E-state index contributed by atoms with van der Waals surface area (Å²) in [6, 6.07) is 15.4. The number of rotatable bonds is 8. The molecule has 0 aliphatic carbocycles. The van der Waals surface area contributed by atoms with Gasteiger partial charge >= 0.3 is 5.97 Å². The molecule has 6 heteroatoms. The van der Waals surface area contributed by atoms with E-state index in [0.29, 0.717) is 19.6 Å². The van der Waals surface area contributed by atoms with Gasteiger partial charge in [0.25, 0.3) is 0 Å². The lowest BCUT2D eigenvalue weighted by molar-refractivity contribution is -0.162. The molecule has 0 amide bonds. The number of hydrogen-bond acceptors (Lipinski definition) is 5. The van der Waals surface area contributed by atoms with Crippen molar-refractivity contribution >= 4 is 11.7 Å². The number of aliphatic carboxylic acids is 1. The molecule has 1 heterocycles. The molecular weight excluding hydrogens is 358 g/mol. The van der Waals surface area contributed by atoms with E-state index in [2.05, 4.69) is 4.90 Å². The van der Waals surface area contributed by atoms with Gasteiger partial charge in [-0.15, -0.1) is 0 Å². The van der Waals surface area contributed by atoms with Crippen LogP contribution in [-0.4, -0.2) is 42.7 Å². The zero-order chi connectivity index (χ0) is 20.1. The Bertz CT molecular complexity index is 807. The molecule has 0 saturated heterocycles. The second-order valence-electron chi connectivity index (χ2n) is 7.02. The summed E-state index contributed by atoms with van der Waals surface area (Å²) in [6.45, 7) is 7.12. The first-order chi connectivity index (χ1) is 13.4. The minimum Gasteiger partial charge on any atom is -0.490 e. The lowest BCUT2D eigenvalue weighted by Crippen LogP contribution is -2.42. The van der Waals surface area contributed by atoms with Crippen molar-refractivity contribution in [2.75, 3.05) is 24.7 Å². The summed E-state index contributed by atoms with van der Waals surface area (Å²) in [5, 5.41) is 9.46. The first kappa shape index (κ1) is 20.0. The molecule has 0 spiro atoms. The third-order valence-electron chi connectivity index (χ3n) is 4.89. The van der Waals surface area contributed by atoms with Crippen LogP contribution in [0.2, 0.25) is 0 Å². The Morgan fingerprint density at radius 2 is 1.96 bits per heavy atom. The standard InChI is InChI=1S/C22H27NO5/c1-4-27-22(3,21(24)25)15-17-9-11-18(12-10-17)28-16(2)23-13-14-26-20-8-6-5-7-19(20)23/h5-12,16H,4,13-15H2,1-3H3,(H,24,25). The normalized spacial score (nSPS) is 16.5. The molecule has 2 unspecified atom stereocenters. The van der Waals surface area contributed by atoms with Crippen LogP contribution in [0.25, 0.3) is 0 Å². The molecule has 0 radical (unpaired) electrons. The Kier molecular flexibility index (Phi) is 6.09. The monoisotopic (exact) mass is 385 g/mol. The van der Waals surface area contributed by atoms with Crippen molar-refractivity contribution in [3.63, 3.8) is 0 Å². The number of hydrogen-bond donors (Lipinski definition) is 1. The Morgan fingerprint density at radius 3 is 2.64 bits per heavy atom. The van der Waals surface area contributed by atoms with Gasteiger partial charge in [-0.2, -0.15) is 0 Å². The number of carboxylic acid groups (broad SMARTS) is 1. The van der Waals surface area contributed by atoms with Crippen LogP contribution in [0.3, 0.4) is 0 Å². The van der Waals surface area contributed by atoms with E-state index in [4.69, 9.17) is 14.2 Å². The molecule has 28 heavy (non-hydrogen) atoms. The van der Waals surface area contributed by atoms with Gasteiger partial charge in [0.15, 0.2) is 11.8 Å². The Balaban J connectivity index is 1.67. The highest BCUT2D eigenvalue weighted by Crippen LogP contribution is 2.33. The number of para-hydroxylation sites is 2. The van der Waals surface area contributed by atoms with Crippen molar-refractivity contribution in [1.29, 1.82) is 0 Å². The second kappa shape index (κ2) is 8.52. The van der Waals surface area contributed by atoms with Crippen LogP contribution in [0.5, 0.6) is 11.5 Å². The lowest BCUT2D eigenvalue weighted by Gasteiger charge is -2.35. The molecular formula is C22H27NO5. The molecule has 0 fully saturated rings. The fourth-order valence-corrected chi connectivity index (χ4v) is 3.41. The quantitative estimate of drug-likeness (QED) is 0.747. The number of ether oxygens (including phenoxy) is 3. The lowest BCUT2D eigenvalue weighted by atomic mass is 9.96. The van der Waals surface area contributed by atoms with Crippen LogP contribution in [0.15, 0.2) is 48.5 Å². The van der Waals surface area contributed by atoms with Gasteiger partial charge in [-0.05, 0) is 50.6 Å². The van der Waals surface area contributed by atoms with Crippen molar-refractivity contribution in [3.8, 4) is 11.5 Å². The van der Waals surface area contributed by atoms with Gasteiger partial charge in [-0.3, -0.25) is 0 Å². The third-order valence-corrected chi connectivity index (χ3v) is 4.89.